The quantitative estimate of drug-likeness (QED) is 0.868. The van der Waals surface area contributed by atoms with Gasteiger partial charge in [0.15, 0.2) is 0 Å². The van der Waals surface area contributed by atoms with Crippen LogP contribution in [0.2, 0.25) is 0 Å². The van der Waals surface area contributed by atoms with Crippen LogP contribution in [0.25, 0.3) is 10.2 Å². The molecule has 134 valence electrons. The summed E-state index contributed by atoms with van der Waals surface area (Å²) in [4.78, 5) is 14.4. The van der Waals surface area contributed by atoms with Gasteiger partial charge in [0.25, 0.3) is 5.91 Å². The van der Waals surface area contributed by atoms with E-state index in [4.69, 9.17) is 0 Å². The van der Waals surface area contributed by atoms with Crippen LogP contribution in [0.4, 0.5) is 0 Å². The van der Waals surface area contributed by atoms with E-state index in [0.717, 1.165) is 53.3 Å². The largest absolute Gasteiger partial charge is 0.351 e. The van der Waals surface area contributed by atoms with Gasteiger partial charge in [0.05, 0.1) is 10.6 Å². The number of carbonyl (C=O) groups is 1. The smallest absolute Gasteiger partial charge is 0.261 e. The number of thiophene rings is 1. The first-order chi connectivity index (χ1) is 10.9. The number of hydrogen-bond donors (Lipinski definition) is 2. The number of halogens is 1. The molecule has 5 nitrogen and oxygen atoms in total. The molecule has 1 saturated heterocycles. The second kappa shape index (κ2) is 7.42. The number of carbonyl (C=O) groups excluding carboxylic acids is 1. The first kappa shape index (κ1) is 19.2. The number of nitrogens with one attached hydrogen (secondary N) is 2. The van der Waals surface area contributed by atoms with E-state index in [2.05, 4.69) is 36.5 Å². The van der Waals surface area contributed by atoms with E-state index in [-0.39, 0.29) is 23.7 Å². The number of aromatic nitrogens is 2. The molecule has 1 fully saturated rings. The van der Waals surface area contributed by atoms with Crippen molar-refractivity contribution in [2.45, 2.75) is 39.5 Å². The van der Waals surface area contributed by atoms with Crippen molar-refractivity contribution >= 4 is 39.9 Å². The molecule has 24 heavy (non-hydrogen) atoms. The van der Waals surface area contributed by atoms with Crippen molar-refractivity contribution in [3.8, 4) is 0 Å². The molecule has 2 aromatic heterocycles. The van der Waals surface area contributed by atoms with E-state index in [1.165, 1.54) is 11.3 Å². The summed E-state index contributed by atoms with van der Waals surface area (Å²) in [7, 11) is 1.95. The molecule has 0 unspecified atom stereocenters. The minimum atomic E-state index is 0. The average Bonchev–Trinajstić information content (AvgIpc) is 3.07. The maximum absolute atomic E-state index is 12.5. The van der Waals surface area contributed by atoms with Crippen molar-refractivity contribution < 1.29 is 4.79 Å². The van der Waals surface area contributed by atoms with Crippen LogP contribution >= 0.6 is 23.7 Å². The first-order valence-electron chi connectivity index (χ1n) is 8.35. The van der Waals surface area contributed by atoms with Crippen molar-refractivity contribution in [1.29, 1.82) is 0 Å². The zero-order valence-corrected chi connectivity index (χ0v) is 16.4. The van der Waals surface area contributed by atoms with E-state index in [0.29, 0.717) is 5.92 Å². The molecular formula is C17H27ClN4OS. The summed E-state index contributed by atoms with van der Waals surface area (Å²) in [5.41, 5.74) is 1.28. The topological polar surface area (TPSA) is 59.0 Å². The second-order valence-corrected chi connectivity index (χ2v) is 8.27. The molecular weight excluding hydrogens is 344 g/mol. The standard InChI is InChI=1S/C17H26N4OS.ClH/c1-11(2)14-12-9-13(23-16(12)21(4)20-14)15(22)19-10-17(3)5-7-18-8-6-17;/h9,11,18H,5-8,10H2,1-4H3,(H,19,22);1H. The zero-order chi connectivity index (χ0) is 16.6. The van der Waals surface area contributed by atoms with Gasteiger partial charge in [-0.15, -0.1) is 23.7 Å². The van der Waals surface area contributed by atoms with E-state index < -0.39 is 0 Å². The lowest BCUT2D eigenvalue weighted by Crippen LogP contribution is -2.42. The predicted octanol–water partition coefficient (Wildman–Crippen LogP) is 3.30. The molecule has 1 aliphatic heterocycles. The fourth-order valence-corrected chi connectivity index (χ4v) is 4.19. The molecule has 2 N–H and O–H groups in total. The van der Waals surface area contributed by atoms with Crippen LogP contribution in [-0.4, -0.2) is 35.3 Å². The molecule has 0 atom stereocenters. The predicted molar refractivity (Wildman–Crippen MR) is 102 cm³/mol. The molecule has 1 aliphatic rings. The monoisotopic (exact) mass is 370 g/mol. The fraction of sp³-hybridized carbons (Fsp3) is 0.647. The van der Waals surface area contributed by atoms with Crippen molar-refractivity contribution in [3.05, 3.63) is 16.6 Å². The van der Waals surface area contributed by atoms with Crippen LogP contribution in [0.5, 0.6) is 0 Å². The molecule has 3 heterocycles. The summed E-state index contributed by atoms with van der Waals surface area (Å²) in [5.74, 6) is 0.401. The number of rotatable bonds is 4. The van der Waals surface area contributed by atoms with Gasteiger partial charge in [0.1, 0.15) is 4.83 Å². The second-order valence-electron chi connectivity index (χ2n) is 7.24. The van der Waals surface area contributed by atoms with E-state index in [1.54, 1.807) is 0 Å². The lowest BCUT2D eigenvalue weighted by atomic mass is 9.81. The molecule has 0 spiro atoms. The van der Waals surface area contributed by atoms with Gasteiger partial charge < -0.3 is 10.6 Å². The highest BCUT2D eigenvalue weighted by molar-refractivity contribution is 7.20. The van der Waals surface area contributed by atoms with Gasteiger partial charge in [-0.05, 0) is 43.3 Å². The third kappa shape index (κ3) is 3.76. The van der Waals surface area contributed by atoms with Gasteiger partial charge in [0.2, 0.25) is 0 Å². The molecule has 0 saturated carbocycles. The number of piperidine rings is 1. The first-order valence-corrected chi connectivity index (χ1v) is 9.17. The van der Waals surface area contributed by atoms with Gasteiger partial charge in [-0.25, -0.2) is 0 Å². The van der Waals surface area contributed by atoms with Crippen molar-refractivity contribution in [1.82, 2.24) is 20.4 Å². The van der Waals surface area contributed by atoms with E-state index in [1.807, 2.05) is 17.8 Å². The summed E-state index contributed by atoms with van der Waals surface area (Å²) in [6, 6.07) is 2.00. The van der Waals surface area contributed by atoms with Crippen molar-refractivity contribution in [2.24, 2.45) is 12.5 Å². The lowest BCUT2D eigenvalue weighted by Gasteiger charge is -2.34. The molecule has 2 aromatic rings. The summed E-state index contributed by atoms with van der Waals surface area (Å²) < 4.78 is 1.89. The van der Waals surface area contributed by atoms with E-state index in [9.17, 15) is 4.79 Å². The highest BCUT2D eigenvalue weighted by Gasteiger charge is 2.27. The van der Waals surface area contributed by atoms with Crippen LogP contribution in [0.3, 0.4) is 0 Å². The van der Waals surface area contributed by atoms with Crippen LogP contribution in [-0.2, 0) is 7.05 Å². The van der Waals surface area contributed by atoms with Crippen molar-refractivity contribution in [2.75, 3.05) is 19.6 Å². The highest BCUT2D eigenvalue weighted by atomic mass is 35.5. The molecule has 7 heteroatoms. The number of amides is 1. The number of nitrogens with zero attached hydrogens (tertiary/aromatic N) is 2. The fourth-order valence-electron chi connectivity index (χ4n) is 3.19. The zero-order valence-electron chi connectivity index (χ0n) is 14.8. The minimum Gasteiger partial charge on any atom is -0.351 e. The summed E-state index contributed by atoms with van der Waals surface area (Å²) in [5, 5.41) is 12.2. The van der Waals surface area contributed by atoms with Crippen LogP contribution in [0.1, 0.15) is 54.9 Å². The maximum Gasteiger partial charge on any atom is 0.261 e. The normalized spacial score (nSPS) is 17.0. The van der Waals surface area contributed by atoms with Gasteiger partial charge in [-0.3, -0.25) is 9.48 Å². The number of hydrogen-bond acceptors (Lipinski definition) is 4. The Kier molecular flexibility index (Phi) is 5.94. The molecule has 3 rings (SSSR count). The Balaban J connectivity index is 0.00000208. The minimum absolute atomic E-state index is 0. The van der Waals surface area contributed by atoms with Crippen LogP contribution in [0, 0.1) is 5.41 Å². The third-order valence-electron chi connectivity index (χ3n) is 4.80. The third-order valence-corrected chi connectivity index (χ3v) is 6.00. The Morgan fingerprint density at radius 1 is 1.46 bits per heavy atom. The Morgan fingerprint density at radius 3 is 2.75 bits per heavy atom. The summed E-state index contributed by atoms with van der Waals surface area (Å²) >= 11 is 1.53. The van der Waals surface area contributed by atoms with Gasteiger partial charge in [-0.1, -0.05) is 20.8 Å². The Bertz CT molecular complexity index is 716. The Hall–Kier alpha value is -1.11. The molecule has 0 aromatic carbocycles. The molecule has 0 radical (unpaired) electrons. The van der Waals surface area contributed by atoms with Crippen LogP contribution < -0.4 is 10.6 Å². The van der Waals surface area contributed by atoms with Gasteiger partial charge in [0, 0.05) is 19.0 Å². The Labute approximate surface area is 153 Å². The maximum atomic E-state index is 12.5. The lowest BCUT2D eigenvalue weighted by molar-refractivity contribution is 0.0926. The van der Waals surface area contributed by atoms with E-state index >= 15 is 0 Å². The molecule has 0 bridgehead atoms. The highest BCUT2D eigenvalue weighted by Crippen LogP contribution is 2.32. The number of fused-ring (bicyclic) bond motifs is 1. The van der Waals surface area contributed by atoms with Crippen LogP contribution in [0.15, 0.2) is 6.07 Å². The summed E-state index contributed by atoms with van der Waals surface area (Å²) in [6.07, 6.45) is 2.22. The molecule has 1 amide bonds. The van der Waals surface area contributed by atoms with Gasteiger partial charge in [-0.2, -0.15) is 5.10 Å². The van der Waals surface area contributed by atoms with Crippen molar-refractivity contribution in [3.63, 3.8) is 0 Å². The Morgan fingerprint density at radius 2 is 2.12 bits per heavy atom. The average molecular weight is 371 g/mol. The SMILES string of the molecule is CC(C)c1nn(C)c2sc(C(=O)NCC3(C)CCNCC3)cc12.Cl. The van der Waals surface area contributed by atoms with Gasteiger partial charge >= 0.3 is 0 Å². The molecule has 0 aliphatic carbocycles. The number of aryl methyl sites for hydroxylation is 1. The summed E-state index contributed by atoms with van der Waals surface area (Å²) in [6.45, 7) is 9.36.